The van der Waals surface area contributed by atoms with Crippen molar-refractivity contribution in [1.82, 2.24) is 5.32 Å². The van der Waals surface area contributed by atoms with Crippen molar-refractivity contribution >= 4 is 0 Å². The lowest BCUT2D eigenvalue weighted by Gasteiger charge is -2.30. The van der Waals surface area contributed by atoms with Crippen LogP contribution < -0.4 is 5.32 Å². The summed E-state index contributed by atoms with van der Waals surface area (Å²) in [5, 5.41) is 22.0. The Bertz CT molecular complexity index is 140. The SMILES string of the molecule is CC(O)CC(C)NC(C)C(C)(C)O. The molecule has 80 valence electrons. The Morgan fingerprint density at radius 3 is 2.00 bits per heavy atom. The fourth-order valence-electron chi connectivity index (χ4n) is 1.21. The largest absolute Gasteiger partial charge is 0.393 e. The Morgan fingerprint density at radius 2 is 1.69 bits per heavy atom. The van der Waals surface area contributed by atoms with Crippen molar-refractivity contribution < 1.29 is 10.2 Å². The number of nitrogens with one attached hydrogen (secondary N) is 1. The van der Waals surface area contributed by atoms with Crippen molar-refractivity contribution in [3.8, 4) is 0 Å². The summed E-state index contributed by atoms with van der Waals surface area (Å²) in [6, 6.07) is 0.252. The standard InChI is InChI=1S/C10H23NO2/c1-7(6-8(2)12)11-9(3)10(4,5)13/h7-9,11-13H,6H2,1-5H3. The highest BCUT2D eigenvalue weighted by Gasteiger charge is 2.23. The molecule has 0 aliphatic heterocycles. The molecular formula is C10H23NO2. The zero-order valence-corrected chi connectivity index (χ0v) is 9.33. The molecule has 0 radical (unpaired) electrons. The predicted molar refractivity (Wildman–Crippen MR) is 54.7 cm³/mol. The lowest BCUT2D eigenvalue weighted by molar-refractivity contribution is 0.0375. The van der Waals surface area contributed by atoms with Gasteiger partial charge in [0.25, 0.3) is 0 Å². The summed E-state index contributed by atoms with van der Waals surface area (Å²) in [4.78, 5) is 0. The maximum absolute atomic E-state index is 9.64. The highest BCUT2D eigenvalue weighted by molar-refractivity contribution is 4.82. The van der Waals surface area contributed by atoms with Crippen LogP contribution >= 0.6 is 0 Å². The van der Waals surface area contributed by atoms with Crippen LogP contribution in [0.4, 0.5) is 0 Å². The third kappa shape index (κ3) is 6.02. The Labute approximate surface area is 81.2 Å². The number of hydrogen-bond donors (Lipinski definition) is 3. The van der Waals surface area contributed by atoms with Crippen molar-refractivity contribution in [2.75, 3.05) is 0 Å². The van der Waals surface area contributed by atoms with Crippen molar-refractivity contribution in [3.63, 3.8) is 0 Å². The number of hydrogen-bond acceptors (Lipinski definition) is 3. The lowest BCUT2D eigenvalue weighted by Crippen LogP contribution is -2.48. The van der Waals surface area contributed by atoms with Crippen LogP contribution in [0.1, 0.15) is 41.0 Å². The van der Waals surface area contributed by atoms with Crippen LogP contribution in [0.25, 0.3) is 0 Å². The molecule has 3 N–H and O–H groups in total. The number of rotatable bonds is 5. The van der Waals surface area contributed by atoms with Gasteiger partial charge in [0.2, 0.25) is 0 Å². The molecule has 0 aromatic carbocycles. The first-order valence-corrected chi connectivity index (χ1v) is 4.90. The van der Waals surface area contributed by atoms with Crippen LogP contribution in [-0.2, 0) is 0 Å². The third-order valence-corrected chi connectivity index (χ3v) is 2.29. The molecule has 0 fully saturated rings. The molecule has 13 heavy (non-hydrogen) atoms. The van der Waals surface area contributed by atoms with Crippen LogP contribution in [0, 0.1) is 0 Å². The van der Waals surface area contributed by atoms with Crippen LogP contribution in [-0.4, -0.2) is 34.0 Å². The molecule has 3 heteroatoms. The summed E-state index contributed by atoms with van der Waals surface area (Å²) in [7, 11) is 0. The molecule has 0 saturated heterocycles. The molecule has 0 aliphatic rings. The zero-order chi connectivity index (χ0) is 10.6. The van der Waals surface area contributed by atoms with Gasteiger partial charge in [-0.15, -0.1) is 0 Å². The molecule has 0 bridgehead atoms. The Balaban J connectivity index is 3.85. The van der Waals surface area contributed by atoms with Crippen LogP contribution in [0.5, 0.6) is 0 Å². The second-order valence-corrected chi connectivity index (χ2v) is 4.53. The van der Waals surface area contributed by atoms with E-state index >= 15 is 0 Å². The van der Waals surface area contributed by atoms with Gasteiger partial charge in [-0.25, -0.2) is 0 Å². The van der Waals surface area contributed by atoms with Gasteiger partial charge in [0.15, 0.2) is 0 Å². The Kier molecular flexibility index (Phi) is 4.89. The first-order chi connectivity index (χ1) is 5.73. The molecule has 0 rings (SSSR count). The first-order valence-electron chi connectivity index (χ1n) is 4.90. The van der Waals surface area contributed by atoms with E-state index in [1.807, 2.05) is 13.8 Å². The molecule has 0 heterocycles. The van der Waals surface area contributed by atoms with Gasteiger partial charge in [0.05, 0.1) is 11.7 Å². The zero-order valence-electron chi connectivity index (χ0n) is 9.33. The highest BCUT2D eigenvalue weighted by Crippen LogP contribution is 2.09. The molecule has 0 aromatic heterocycles. The van der Waals surface area contributed by atoms with Gasteiger partial charge >= 0.3 is 0 Å². The monoisotopic (exact) mass is 189 g/mol. The third-order valence-electron chi connectivity index (χ3n) is 2.29. The average molecular weight is 189 g/mol. The molecule has 0 aromatic rings. The van der Waals surface area contributed by atoms with Crippen LogP contribution in [0.15, 0.2) is 0 Å². The van der Waals surface area contributed by atoms with E-state index in [2.05, 4.69) is 5.32 Å². The fraction of sp³-hybridized carbons (Fsp3) is 1.00. The molecule has 3 atom stereocenters. The van der Waals surface area contributed by atoms with E-state index in [9.17, 15) is 5.11 Å². The normalized spacial score (nSPS) is 19.6. The maximum atomic E-state index is 9.64. The molecule has 3 nitrogen and oxygen atoms in total. The smallest absolute Gasteiger partial charge is 0.0741 e. The van der Waals surface area contributed by atoms with Gasteiger partial charge in [-0.1, -0.05) is 0 Å². The summed E-state index contributed by atoms with van der Waals surface area (Å²) in [5.74, 6) is 0. The van der Waals surface area contributed by atoms with Gasteiger partial charge in [-0.3, -0.25) is 0 Å². The highest BCUT2D eigenvalue weighted by atomic mass is 16.3. The summed E-state index contributed by atoms with van der Waals surface area (Å²) in [6.07, 6.45) is 0.414. The van der Waals surface area contributed by atoms with Crippen molar-refractivity contribution in [1.29, 1.82) is 0 Å². The van der Waals surface area contributed by atoms with E-state index in [0.29, 0.717) is 6.42 Å². The summed E-state index contributed by atoms with van der Waals surface area (Å²) >= 11 is 0. The van der Waals surface area contributed by atoms with Gasteiger partial charge < -0.3 is 15.5 Å². The quantitative estimate of drug-likeness (QED) is 0.602. The van der Waals surface area contributed by atoms with Crippen molar-refractivity contribution in [2.45, 2.75) is 64.8 Å². The summed E-state index contributed by atoms with van der Waals surface area (Å²) in [6.45, 7) is 9.28. The number of aliphatic hydroxyl groups excluding tert-OH is 1. The molecular weight excluding hydrogens is 166 g/mol. The van der Waals surface area contributed by atoms with Gasteiger partial charge in [-0.05, 0) is 41.0 Å². The Hall–Kier alpha value is -0.120. The van der Waals surface area contributed by atoms with Crippen LogP contribution in [0.2, 0.25) is 0 Å². The second-order valence-electron chi connectivity index (χ2n) is 4.53. The minimum atomic E-state index is -0.715. The van der Waals surface area contributed by atoms with Crippen LogP contribution in [0.3, 0.4) is 0 Å². The van der Waals surface area contributed by atoms with E-state index in [-0.39, 0.29) is 18.2 Å². The molecule has 0 aliphatic carbocycles. The van der Waals surface area contributed by atoms with E-state index in [4.69, 9.17) is 5.11 Å². The topological polar surface area (TPSA) is 52.5 Å². The minimum absolute atomic E-state index is 0.0289. The maximum Gasteiger partial charge on any atom is 0.0741 e. The Morgan fingerprint density at radius 1 is 1.23 bits per heavy atom. The van der Waals surface area contributed by atoms with E-state index < -0.39 is 5.60 Å². The van der Waals surface area contributed by atoms with Gasteiger partial charge in [0, 0.05) is 12.1 Å². The molecule has 3 unspecified atom stereocenters. The van der Waals surface area contributed by atoms with E-state index in [1.165, 1.54) is 0 Å². The van der Waals surface area contributed by atoms with Crippen molar-refractivity contribution in [2.24, 2.45) is 0 Å². The van der Waals surface area contributed by atoms with Crippen molar-refractivity contribution in [3.05, 3.63) is 0 Å². The van der Waals surface area contributed by atoms with E-state index in [0.717, 1.165) is 0 Å². The number of aliphatic hydroxyl groups is 2. The second kappa shape index (κ2) is 4.94. The molecule has 0 saturated carbocycles. The fourth-order valence-corrected chi connectivity index (χ4v) is 1.21. The predicted octanol–water partition coefficient (Wildman–Crippen LogP) is 0.895. The average Bonchev–Trinajstić information content (AvgIpc) is 1.82. The van der Waals surface area contributed by atoms with Gasteiger partial charge in [-0.2, -0.15) is 0 Å². The molecule has 0 amide bonds. The minimum Gasteiger partial charge on any atom is -0.393 e. The molecule has 0 spiro atoms. The van der Waals surface area contributed by atoms with Gasteiger partial charge in [0.1, 0.15) is 0 Å². The lowest BCUT2D eigenvalue weighted by atomic mass is 9.99. The summed E-state index contributed by atoms with van der Waals surface area (Å²) < 4.78 is 0. The van der Waals surface area contributed by atoms with E-state index in [1.54, 1.807) is 20.8 Å². The first kappa shape index (κ1) is 12.9. The summed E-state index contributed by atoms with van der Waals surface area (Å²) in [5.41, 5.74) is -0.715.